The van der Waals surface area contributed by atoms with Gasteiger partial charge in [-0.1, -0.05) is 47.6 Å². The minimum absolute atomic E-state index is 0.343. The van der Waals surface area contributed by atoms with E-state index in [2.05, 4.69) is 5.32 Å². The van der Waals surface area contributed by atoms with Gasteiger partial charge in [0.1, 0.15) is 4.99 Å². The molecule has 2 nitrogen and oxygen atoms in total. The van der Waals surface area contributed by atoms with Crippen LogP contribution in [0.2, 0.25) is 10.0 Å². The zero-order chi connectivity index (χ0) is 14.7. The van der Waals surface area contributed by atoms with Crippen LogP contribution in [0.25, 0.3) is 0 Å². The van der Waals surface area contributed by atoms with Crippen LogP contribution in [0, 0.1) is 0 Å². The lowest BCUT2D eigenvalue weighted by molar-refractivity contribution is 1.40. The Morgan fingerprint density at radius 3 is 2.45 bits per heavy atom. The second-order valence-corrected chi connectivity index (χ2v) is 6.05. The molecular formula is C14H12Cl2N2S2. The first-order chi connectivity index (χ1) is 9.54. The number of hydrogen-bond acceptors (Lipinski definition) is 3. The van der Waals surface area contributed by atoms with Crippen LogP contribution in [0.5, 0.6) is 0 Å². The molecule has 0 spiro atoms. The van der Waals surface area contributed by atoms with Gasteiger partial charge in [-0.05, 0) is 30.5 Å². The van der Waals surface area contributed by atoms with Crippen molar-refractivity contribution in [3.8, 4) is 0 Å². The van der Waals surface area contributed by atoms with E-state index in [1.54, 1.807) is 17.8 Å². The quantitative estimate of drug-likeness (QED) is 0.599. The Kier molecular flexibility index (Phi) is 5.16. The van der Waals surface area contributed by atoms with E-state index in [4.69, 9.17) is 41.2 Å². The van der Waals surface area contributed by atoms with Crippen LogP contribution in [0.1, 0.15) is 5.56 Å². The topological polar surface area (TPSA) is 38.0 Å². The average Bonchev–Trinajstić information content (AvgIpc) is 2.43. The van der Waals surface area contributed by atoms with Gasteiger partial charge in [-0.15, -0.1) is 11.8 Å². The van der Waals surface area contributed by atoms with Gasteiger partial charge in [0.25, 0.3) is 0 Å². The molecule has 2 aromatic carbocycles. The van der Waals surface area contributed by atoms with E-state index in [0.29, 0.717) is 15.0 Å². The van der Waals surface area contributed by atoms with Crippen LogP contribution >= 0.6 is 47.2 Å². The molecule has 20 heavy (non-hydrogen) atoms. The number of nitrogens with one attached hydrogen (secondary N) is 1. The molecular weight excluding hydrogens is 331 g/mol. The summed E-state index contributed by atoms with van der Waals surface area (Å²) in [7, 11) is 0. The lowest BCUT2D eigenvalue weighted by Crippen LogP contribution is -2.13. The van der Waals surface area contributed by atoms with Crippen LogP contribution in [0.15, 0.2) is 41.3 Å². The smallest absolute Gasteiger partial charge is 0.107 e. The number of thioether (sulfide) groups is 1. The maximum atomic E-state index is 6.18. The Hall–Kier alpha value is -0.940. The van der Waals surface area contributed by atoms with Crippen LogP contribution in [0.4, 0.5) is 11.4 Å². The van der Waals surface area contributed by atoms with Gasteiger partial charge < -0.3 is 11.1 Å². The van der Waals surface area contributed by atoms with Crippen molar-refractivity contribution in [2.75, 3.05) is 11.6 Å². The van der Waals surface area contributed by atoms with E-state index in [1.165, 1.54) is 0 Å². The molecule has 2 aromatic rings. The predicted octanol–water partition coefficient (Wildman–Crippen LogP) is 5.09. The van der Waals surface area contributed by atoms with Crippen molar-refractivity contribution in [1.82, 2.24) is 0 Å². The fraction of sp³-hybridized carbons (Fsp3) is 0.0714. The number of hydrogen-bond donors (Lipinski definition) is 2. The van der Waals surface area contributed by atoms with Crippen LogP contribution < -0.4 is 11.1 Å². The van der Waals surface area contributed by atoms with Gasteiger partial charge in [-0.25, -0.2) is 0 Å². The number of rotatable bonds is 4. The van der Waals surface area contributed by atoms with E-state index in [0.717, 1.165) is 21.8 Å². The maximum Gasteiger partial charge on any atom is 0.107 e. The van der Waals surface area contributed by atoms with Gasteiger partial charge in [0.05, 0.1) is 15.7 Å². The molecule has 3 N–H and O–H groups in total. The first-order valence-electron chi connectivity index (χ1n) is 5.72. The molecule has 0 aliphatic carbocycles. The van der Waals surface area contributed by atoms with Crippen molar-refractivity contribution in [3.63, 3.8) is 0 Å². The Balaban J connectivity index is 2.48. The van der Waals surface area contributed by atoms with Gasteiger partial charge >= 0.3 is 0 Å². The largest absolute Gasteiger partial charge is 0.389 e. The highest BCUT2D eigenvalue weighted by molar-refractivity contribution is 7.98. The molecule has 0 radical (unpaired) electrons. The number of halogens is 2. The van der Waals surface area contributed by atoms with Crippen LogP contribution in [-0.2, 0) is 0 Å². The summed E-state index contributed by atoms with van der Waals surface area (Å²) < 4.78 is 0. The van der Waals surface area contributed by atoms with E-state index < -0.39 is 0 Å². The number of benzene rings is 2. The molecule has 0 aromatic heterocycles. The third-order valence-electron chi connectivity index (χ3n) is 2.71. The Labute approximate surface area is 137 Å². The fourth-order valence-corrected chi connectivity index (χ4v) is 3.08. The third kappa shape index (κ3) is 3.20. The third-order valence-corrected chi connectivity index (χ3v) is 4.52. The Morgan fingerprint density at radius 1 is 1.15 bits per heavy atom. The van der Waals surface area contributed by atoms with Gasteiger partial charge in [0, 0.05) is 16.1 Å². The summed E-state index contributed by atoms with van der Waals surface area (Å²) in [6, 6.07) is 11.2. The summed E-state index contributed by atoms with van der Waals surface area (Å²) in [5.41, 5.74) is 8.17. The highest BCUT2D eigenvalue weighted by atomic mass is 35.5. The van der Waals surface area contributed by atoms with Crippen molar-refractivity contribution in [3.05, 3.63) is 52.0 Å². The molecule has 104 valence electrons. The van der Waals surface area contributed by atoms with E-state index in [9.17, 15) is 0 Å². The number of thiocarbonyl (C=S) groups is 1. The SMILES string of the molecule is CSc1cccc(Nc2cccc(Cl)c2Cl)c1C(N)=S. The molecule has 0 saturated heterocycles. The first-order valence-corrected chi connectivity index (χ1v) is 8.11. The molecule has 0 fully saturated rings. The lowest BCUT2D eigenvalue weighted by Gasteiger charge is -2.15. The molecule has 0 aliphatic heterocycles. The molecule has 0 atom stereocenters. The fourth-order valence-electron chi connectivity index (χ4n) is 1.80. The molecule has 0 aliphatic rings. The summed E-state index contributed by atoms with van der Waals surface area (Å²) in [6.07, 6.45) is 1.98. The van der Waals surface area contributed by atoms with Gasteiger partial charge in [0.15, 0.2) is 0 Å². The monoisotopic (exact) mass is 342 g/mol. The van der Waals surface area contributed by atoms with E-state index in [-0.39, 0.29) is 0 Å². The molecule has 0 bridgehead atoms. The van der Waals surface area contributed by atoms with Crippen molar-refractivity contribution in [2.45, 2.75) is 4.90 Å². The molecule has 0 unspecified atom stereocenters. The van der Waals surface area contributed by atoms with Crippen LogP contribution in [0.3, 0.4) is 0 Å². The molecule has 0 saturated carbocycles. The Morgan fingerprint density at radius 2 is 1.80 bits per heavy atom. The molecule has 0 amide bonds. The number of nitrogens with two attached hydrogens (primary N) is 1. The molecule has 0 heterocycles. The Bertz CT molecular complexity index is 660. The summed E-state index contributed by atoms with van der Waals surface area (Å²) in [5, 5.41) is 4.21. The minimum atomic E-state index is 0.343. The van der Waals surface area contributed by atoms with Crippen molar-refractivity contribution in [2.24, 2.45) is 5.73 Å². The normalized spacial score (nSPS) is 10.3. The highest BCUT2D eigenvalue weighted by Gasteiger charge is 2.12. The first kappa shape index (κ1) is 15.4. The predicted molar refractivity (Wildman–Crippen MR) is 93.9 cm³/mol. The van der Waals surface area contributed by atoms with Crippen molar-refractivity contribution < 1.29 is 0 Å². The average molecular weight is 343 g/mol. The summed E-state index contributed by atoms with van der Waals surface area (Å²) in [4.78, 5) is 1.36. The second-order valence-electron chi connectivity index (χ2n) is 3.97. The lowest BCUT2D eigenvalue weighted by atomic mass is 10.1. The maximum absolute atomic E-state index is 6.18. The minimum Gasteiger partial charge on any atom is -0.389 e. The molecule has 2 rings (SSSR count). The van der Waals surface area contributed by atoms with Gasteiger partial charge in [-0.3, -0.25) is 0 Å². The summed E-state index contributed by atoms with van der Waals surface area (Å²) >= 11 is 18.9. The second kappa shape index (κ2) is 6.68. The highest BCUT2D eigenvalue weighted by Crippen LogP contribution is 2.34. The zero-order valence-corrected chi connectivity index (χ0v) is 13.8. The van der Waals surface area contributed by atoms with Gasteiger partial charge in [-0.2, -0.15) is 0 Å². The summed E-state index contributed by atoms with van der Waals surface area (Å²) in [6.45, 7) is 0. The number of anilines is 2. The summed E-state index contributed by atoms with van der Waals surface area (Å²) in [5.74, 6) is 0. The van der Waals surface area contributed by atoms with Crippen LogP contribution in [-0.4, -0.2) is 11.2 Å². The van der Waals surface area contributed by atoms with Gasteiger partial charge in [0.2, 0.25) is 0 Å². The van der Waals surface area contributed by atoms with E-state index >= 15 is 0 Å². The van der Waals surface area contributed by atoms with E-state index in [1.807, 2.05) is 36.6 Å². The van der Waals surface area contributed by atoms with Crippen molar-refractivity contribution >= 4 is 63.5 Å². The zero-order valence-electron chi connectivity index (χ0n) is 10.6. The van der Waals surface area contributed by atoms with Crippen molar-refractivity contribution in [1.29, 1.82) is 0 Å². The molecule has 6 heteroatoms. The standard InChI is InChI=1S/C14H12Cl2N2S2/c1-20-11-7-3-5-9(12(11)14(17)19)18-10-6-2-4-8(15)13(10)16/h2-7,18H,1H3,(H2,17,19).